The smallest absolute Gasteiger partial charge is 0.343 e. The van der Waals surface area contributed by atoms with E-state index in [-0.39, 0.29) is 11.6 Å². The van der Waals surface area contributed by atoms with Crippen molar-refractivity contribution in [2.75, 3.05) is 18.0 Å². The number of nitrogens with one attached hydrogen (secondary N) is 1. The Morgan fingerprint density at radius 3 is 2.73 bits per heavy atom. The van der Waals surface area contributed by atoms with Crippen LogP contribution in [0.1, 0.15) is 31.5 Å². The van der Waals surface area contributed by atoms with E-state index >= 15 is 0 Å². The van der Waals surface area contributed by atoms with Crippen LogP contribution in [0.3, 0.4) is 0 Å². The minimum absolute atomic E-state index is 0.133. The van der Waals surface area contributed by atoms with Crippen molar-refractivity contribution in [1.82, 2.24) is 25.0 Å². The lowest BCUT2D eigenvalue weighted by atomic mass is 9.97. The van der Waals surface area contributed by atoms with Gasteiger partial charge in [0.05, 0.1) is 5.69 Å². The molecule has 0 radical (unpaired) electrons. The van der Waals surface area contributed by atoms with Gasteiger partial charge < -0.3 is 4.90 Å². The summed E-state index contributed by atoms with van der Waals surface area (Å²) in [5.74, 6) is 1.93. The van der Waals surface area contributed by atoms with Gasteiger partial charge in [-0.15, -0.1) is 10.2 Å². The Morgan fingerprint density at radius 1 is 1.15 bits per heavy atom. The highest BCUT2D eigenvalue weighted by atomic mass is 16.1. The molecule has 2 aromatic heterocycles. The molecule has 0 saturated carbocycles. The number of aromatic nitrogens is 5. The summed E-state index contributed by atoms with van der Waals surface area (Å²) in [6, 6.07) is 14.1. The van der Waals surface area contributed by atoms with Gasteiger partial charge in [-0.05, 0) is 31.9 Å². The summed E-state index contributed by atoms with van der Waals surface area (Å²) in [5.41, 5.74) is 1.80. The van der Waals surface area contributed by atoms with Gasteiger partial charge in [0, 0.05) is 31.1 Å². The zero-order chi connectivity index (χ0) is 17.9. The molecule has 26 heavy (non-hydrogen) atoms. The van der Waals surface area contributed by atoms with Crippen molar-refractivity contribution in [1.29, 1.82) is 0 Å². The zero-order valence-electron chi connectivity index (χ0n) is 14.8. The molecule has 1 saturated heterocycles. The second kappa shape index (κ2) is 7.11. The van der Waals surface area contributed by atoms with Crippen LogP contribution in [0.15, 0.2) is 47.3 Å². The Kier molecular flexibility index (Phi) is 4.51. The fraction of sp³-hybridized carbons (Fsp3) is 0.368. The van der Waals surface area contributed by atoms with E-state index in [0.717, 1.165) is 48.8 Å². The van der Waals surface area contributed by atoms with E-state index in [2.05, 4.69) is 25.3 Å². The molecule has 1 unspecified atom stereocenters. The molecule has 134 valence electrons. The molecule has 1 aromatic carbocycles. The summed E-state index contributed by atoms with van der Waals surface area (Å²) in [5, 5.41) is 15.7. The quantitative estimate of drug-likeness (QED) is 0.782. The standard InChI is InChI=1S/C19H22N6O/c1-2-25-18(22-23-19(25)26)15-9-6-12-24(13-15)17-11-10-16(20-21-17)14-7-4-3-5-8-14/h3-5,7-8,10-11,15H,2,6,9,12-13H2,1H3,(H,23,26). The molecule has 7 nitrogen and oxygen atoms in total. The third-order valence-electron chi connectivity index (χ3n) is 4.93. The normalized spacial score (nSPS) is 17.4. The van der Waals surface area contributed by atoms with Crippen molar-refractivity contribution in [3.05, 3.63) is 58.8 Å². The van der Waals surface area contributed by atoms with Crippen LogP contribution >= 0.6 is 0 Å². The number of anilines is 1. The Morgan fingerprint density at radius 2 is 2.00 bits per heavy atom. The predicted octanol–water partition coefficient (Wildman–Crippen LogP) is 2.43. The van der Waals surface area contributed by atoms with E-state index in [9.17, 15) is 4.79 Å². The number of aromatic amines is 1. The molecule has 0 bridgehead atoms. The van der Waals surface area contributed by atoms with Gasteiger partial charge in [-0.2, -0.15) is 5.10 Å². The number of nitrogens with zero attached hydrogens (tertiary/aromatic N) is 5. The maximum Gasteiger partial charge on any atom is 0.343 e. The lowest BCUT2D eigenvalue weighted by Gasteiger charge is -2.32. The van der Waals surface area contributed by atoms with Crippen LogP contribution in [0.25, 0.3) is 11.3 Å². The second-order valence-electron chi connectivity index (χ2n) is 6.56. The Hall–Kier alpha value is -2.96. The highest BCUT2D eigenvalue weighted by Crippen LogP contribution is 2.28. The van der Waals surface area contributed by atoms with Crippen molar-refractivity contribution in [3.63, 3.8) is 0 Å². The molecule has 1 aliphatic heterocycles. The maximum atomic E-state index is 11.8. The fourth-order valence-corrected chi connectivity index (χ4v) is 3.60. The van der Waals surface area contributed by atoms with E-state index in [4.69, 9.17) is 0 Å². The van der Waals surface area contributed by atoms with Gasteiger partial charge in [0.2, 0.25) is 0 Å². The second-order valence-corrected chi connectivity index (χ2v) is 6.56. The van der Waals surface area contributed by atoms with Gasteiger partial charge in [0.15, 0.2) is 5.82 Å². The van der Waals surface area contributed by atoms with Crippen molar-refractivity contribution < 1.29 is 0 Å². The Balaban J connectivity index is 1.53. The highest BCUT2D eigenvalue weighted by molar-refractivity contribution is 5.59. The first-order chi connectivity index (χ1) is 12.8. The van der Waals surface area contributed by atoms with Gasteiger partial charge >= 0.3 is 5.69 Å². The lowest BCUT2D eigenvalue weighted by Crippen LogP contribution is -2.36. The van der Waals surface area contributed by atoms with Crippen molar-refractivity contribution in [3.8, 4) is 11.3 Å². The summed E-state index contributed by atoms with van der Waals surface area (Å²) in [6.07, 6.45) is 2.06. The summed E-state index contributed by atoms with van der Waals surface area (Å²) in [6.45, 7) is 4.34. The van der Waals surface area contributed by atoms with E-state index in [1.807, 2.05) is 49.4 Å². The monoisotopic (exact) mass is 350 g/mol. The third-order valence-corrected chi connectivity index (χ3v) is 4.93. The number of benzene rings is 1. The fourth-order valence-electron chi connectivity index (χ4n) is 3.60. The molecule has 1 N–H and O–H groups in total. The molecule has 1 aliphatic rings. The molecule has 4 rings (SSSR count). The van der Waals surface area contributed by atoms with Crippen LogP contribution in [0, 0.1) is 0 Å². The summed E-state index contributed by atoms with van der Waals surface area (Å²) in [4.78, 5) is 14.1. The van der Waals surface area contributed by atoms with Gasteiger partial charge in [-0.3, -0.25) is 4.57 Å². The van der Waals surface area contributed by atoms with Crippen molar-refractivity contribution >= 4 is 5.82 Å². The topological polar surface area (TPSA) is 79.7 Å². The number of rotatable bonds is 4. The predicted molar refractivity (Wildman–Crippen MR) is 100 cm³/mol. The van der Waals surface area contributed by atoms with E-state index in [1.54, 1.807) is 4.57 Å². The molecule has 3 aromatic rings. The number of hydrogen-bond donors (Lipinski definition) is 1. The number of hydrogen-bond acceptors (Lipinski definition) is 5. The van der Waals surface area contributed by atoms with Crippen LogP contribution < -0.4 is 10.6 Å². The minimum atomic E-state index is -0.133. The van der Waals surface area contributed by atoms with Crippen LogP contribution in [0.2, 0.25) is 0 Å². The highest BCUT2D eigenvalue weighted by Gasteiger charge is 2.26. The first-order valence-electron chi connectivity index (χ1n) is 9.05. The van der Waals surface area contributed by atoms with Crippen LogP contribution in [0.4, 0.5) is 5.82 Å². The van der Waals surface area contributed by atoms with Gasteiger partial charge in [-0.1, -0.05) is 30.3 Å². The average molecular weight is 350 g/mol. The van der Waals surface area contributed by atoms with E-state index in [1.165, 1.54) is 0 Å². The van der Waals surface area contributed by atoms with Crippen LogP contribution in [0.5, 0.6) is 0 Å². The Labute approximate surface area is 151 Å². The zero-order valence-corrected chi connectivity index (χ0v) is 14.8. The average Bonchev–Trinajstić information content (AvgIpc) is 3.09. The molecule has 3 heterocycles. The van der Waals surface area contributed by atoms with Gasteiger partial charge in [-0.25, -0.2) is 9.89 Å². The molecule has 1 fully saturated rings. The molecular weight excluding hydrogens is 328 g/mol. The summed E-state index contributed by atoms with van der Waals surface area (Å²) in [7, 11) is 0. The van der Waals surface area contributed by atoms with Crippen LogP contribution in [-0.2, 0) is 6.54 Å². The first-order valence-corrected chi connectivity index (χ1v) is 9.05. The minimum Gasteiger partial charge on any atom is -0.354 e. The van der Waals surface area contributed by atoms with E-state index in [0.29, 0.717) is 6.54 Å². The largest absolute Gasteiger partial charge is 0.354 e. The first kappa shape index (κ1) is 16.5. The molecule has 0 spiro atoms. The number of piperidine rings is 1. The molecular formula is C19H22N6O. The van der Waals surface area contributed by atoms with Gasteiger partial charge in [0.1, 0.15) is 5.82 Å². The molecule has 7 heteroatoms. The van der Waals surface area contributed by atoms with Crippen molar-refractivity contribution in [2.45, 2.75) is 32.2 Å². The van der Waals surface area contributed by atoms with E-state index < -0.39 is 0 Å². The van der Waals surface area contributed by atoms with Crippen molar-refractivity contribution in [2.24, 2.45) is 0 Å². The summed E-state index contributed by atoms with van der Waals surface area (Å²) < 4.78 is 1.72. The third kappa shape index (κ3) is 3.12. The maximum absolute atomic E-state index is 11.8. The van der Waals surface area contributed by atoms with Crippen LogP contribution in [-0.4, -0.2) is 38.1 Å². The number of H-pyrrole nitrogens is 1. The Bertz CT molecular complexity index is 915. The summed E-state index contributed by atoms with van der Waals surface area (Å²) >= 11 is 0. The SMILES string of the molecule is CCn1c(C2CCCN(c3ccc(-c4ccccc4)nn3)C2)n[nH]c1=O. The molecule has 0 aliphatic carbocycles. The molecule has 1 atom stereocenters. The van der Waals surface area contributed by atoms with Gasteiger partial charge in [0.25, 0.3) is 0 Å². The molecule has 0 amide bonds. The lowest BCUT2D eigenvalue weighted by molar-refractivity contribution is 0.468.